The second kappa shape index (κ2) is 9.04. The lowest BCUT2D eigenvalue weighted by Gasteiger charge is -2.25. The minimum atomic E-state index is -0.183. The molecule has 0 saturated carbocycles. The predicted octanol–water partition coefficient (Wildman–Crippen LogP) is 2.91. The Kier molecular flexibility index (Phi) is 7.05. The molecule has 0 amide bonds. The van der Waals surface area contributed by atoms with E-state index in [9.17, 15) is 4.39 Å². The van der Waals surface area contributed by atoms with E-state index in [-0.39, 0.29) is 11.4 Å². The summed E-state index contributed by atoms with van der Waals surface area (Å²) in [6.45, 7) is 9.81. The fraction of sp³-hybridized carbons (Fsp3) is 0.632. The first-order valence-corrected chi connectivity index (χ1v) is 9.13. The lowest BCUT2D eigenvalue weighted by molar-refractivity contribution is 0.0243. The molecule has 1 unspecified atom stereocenters. The molecule has 1 aliphatic heterocycles. The van der Waals surface area contributed by atoms with Gasteiger partial charge in [0, 0.05) is 39.8 Å². The molecular formula is C19H31FN4O. The second-order valence-electron chi connectivity index (χ2n) is 6.64. The molecule has 1 aromatic rings. The number of hydrogen-bond acceptors (Lipinski definition) is 3. The summed E-state index contributed by atoms with van der Waals surface area (Å²) in [4.78, 5) is 6.24. The van der Waals surface area contributed by atoms with E-state index < -0.39 is 0 Å². The van der Waals surface area contributed by atoms with E-state index in [2.05, 4.69) is 22.5 Å². The van der Waals surface area contributed by atoms with Crippen LogP contribution in [0, 0.1) is 5.82 Å². The van der Waals surface area contributed by atoms with E-state index in [0.717, 1.165) is 38.1 Å². The molecule has 140 valence electrons. The minimum Gasteiger partial charge on any atom is -0.373 e. The smallest absolute Gasteiger partial charge is 0.191 e. The van der Waals surface area contributed by atoms with Gasteiger partial charge in [0.15, 0.2) is 5.96 Å². The van der Waals surface area contributed by atoms with Crippen molar-refractivity contribution in [2.75, 3.05) is 38.2 Å². The van der Waals surface area contributed by atoms with Crippen LogP contribution in [0.3, 0.4) is 0 Å². The highest BCUT2D eigenvalue weighted by atomic mass is 19.1. The highest BCUT2D eigenvalue weighted by Gasteiger charge is 2.29. The molecule has 1 atom stereocenters. The first kappa shape index (κ1) is 19.5. The number of nitrogens with zero attached hydrogens (tertiary/aromatic N) is 2. The minimum absolute atomic E-state index is 0.130. The molecule has 5 nitrogen and oxygen atoms in total. The lowest BCUT2D eigenvalue weighted by atomic mass is 10.0. The van der Waals surface area contributed by atoms with Crippen molar-refractivity contribution in [2.45, 2.75) is 45.8 Å². The van der Waals surface area contributed by atoms with Crippen molar-refractivity contribution in [3.05, 3.63) is 29.6 Å². The molecule has 0 spiro atoms. The van der Waals surface area contributed by atoms with Gasteiger partial charge >= 0.3 is 0 Å². The summed E-state index contributed by atoms with van der Waals surface area (Å²) in [6, 6.07) is 5.40. The van der Waals surface area contributed by atoms with Crippen LogP contribution in [0.1, 0.15) is 39.2 Å². The number of hydrogen-bond donors (Lipinski definition) is 2. The molecule has 1 heterocycles. The van der Waals surface area contributed by atoms with Crippen LogP contribution in [-0.4, -0.2) is 44.8 Å². The van der Waals surface area contributed by atoms with E-state index >= 15 is 0 Å². The van der Waals surface area contributed by atoms with Crippen molar-refractivity contribution in [3.63, 3.8) is 0 Å². The Bertz CT molecular complexity index is 581. The number of ether oxygens (including phenoxy) is 1. The number of anilines is 1. The van der Waals surface area contributed by atoms with Gasteiger partial charge in [0.25, 0.3) is 0 Å². The van der Waals surface area contributed by atoms with Crippen molar-refractivity contribution in [1.29, 1.82) is 0 Å². The molecule has 0 aliphatic carbocycles. The highest BCUT2D eigenvalue weighted by Crippen LogP contribution is 2.24. The molecule has 2 N–H and O–H groups in total. The summed E-state index contributed by atoms with van der Waals surface area (Å²) >= 11 is 0. The van der Waals surface area contributed by atoms with Crippen LogP contribution >= 0.6 is 0 Å². The van der Waals surface area contributed by atoms with Gasteiger partial charge in [-0.1, -0.05) is 6.07 Å². The van der Waals surface area contributed by atoms with Gasteiger partial charge < -0.3 is 20.3 Å². The van der Waals surface area contributed by atoms with Crippen molar-refractivity contribution in [3.8, 4) is 0 Å². The number of nitrogens with one attached hydrogen (secondary N) is 2. The Morgan fingerprint density at radius 1 is 1.32 bits per heavy atom. The summed E-state index contributed by atoms with van der Waals surface area (Å²) in [6.07, 6.45) is 2.15. The van der Waals surface area contributed by atoms with E-state index in [4.69, 9.17) is 4.74 Å². The van der Waals surface area contributed by atoms with Crippen molar-refractivity contribution in [2.24, 2.45) is 4.99 Å². The van der Waals surface area contributed by atoms with Crippen LogP contribution in [-0.2, 0) is 11.3 Å². The molecular weight excluding hydrogens is 319 g/mol. The Morgan fingerprint density at radius 2 is 2.08 bits per heavy atom. The van der Waals surface area contributed by atoms with Gasteiger partial charge in [0.05, 0.1) is 11.3 Å². The fourth-order valence-corrected chi connectivity index (χ4v) is 3.13. The van der Waals surface area contributed by atoms with Crippen LogP contribution in [0.2, 0.25) is 0 Å². The fourth-order valence-electron chi connectivity index (χ4n) is 3.13. The zero-order valence-electron chi connectivity index (χ0n) is 15.9. The first-order chi connectivity index (χ1) is 12.0. The Hall–Kier alpha value is -1.82. The number of rotatable bonds is 7. The lowest BCUT2D eigenvalue weighted by Crippen LogP contribution is -2.45. The van der Waals surface area contributed by atoms with Crippen molar-refractivity contribution < 1.29 is 9.13 Å². The van der Waals surface area contributed by atoms with Crippen molar-refractivity contribution >= 4 is 11.6 Å². The molecule has 1 fully saturated rings. The molecule has 25 heavy (non-hydrogen) atoms. The van der Waals surface area contributed by atoms with Crippen molar-refractivity contribution in [1.82, 2.24) is 10.6 Å². The maximum absolute atomic E-state index is 14.4. The molecule has 2 rings (SSSR count). The highest BCUT2D eigenvalue weighted by molar-refractivity contribution is 5.79. The number of benzene rings is 1. The normalized spacial score (nSPS) is 20.6. The Morgan fingerprint density at radius 3 is 2.64 bits per heavy atom. The maximum Gasteiger partial charge on any atom is 0.191 e. The van der Waals surface area contributed by atoms with E-state index in [1.54, 1.807) is 13.1 Å². The zero-order chi connectivity index (χ0) is 18.3. The van der Waals surface area contributed by atoms with Gasteiger partial charge in [-0.05, 0) is 51.3 Å². The summed E-state index contributed by atoms with van der Waals surface area (Å²) in [5.41, 5.74) is 1.41. The SMILES string of the molecule is CCN(CC)c1ccc(CNC(=NC)NCC2(C)CCCO2)cc1F. The Balaban J connectivity index is 1.89. The van der Waals surface area contributed by atoms with Gasteiger partial charge in [-0.2, -0.15) is 0 Å². The van der Waals surface area contributed by atoms with Gasteiger partial charge in [-0.15, -0.1) is 0 Å². The number of halogens is 1. The topological polar surface area (TPSA) is 48.9 Å². The van der Waals surface area contributed by atoms with Gasteiger partial charge in [-0.3, -0.25) is 4.99 Å². The number of aliphatic imine (C=N–C) groups is 1. The second-order valence-corrected chi connectivity index (χ2v) is 6.64. The Labute approximate surface area is 150 Å². The third kappa shape index (κ3) is 5.33. The third-order valence-corrected chi connectivity index (χ3v) is 4.73. The van der Waals surface area contributed by atoms with Gasteiger partial charge in [0.1, 0.15) is 5.82 Å². The van der Waals surface area contributed by atoms with Gasteiger partial charge in [-0.25, -0.2) is 4.39 Å². The van der Waals surface area contributed by atoms with E-state index in [0.29, 0.717) is 24.7 Å². The average Bonchev–Trinajstić information content (AvgIpc) is 3.04. The molecule has 0 radical (unpaired) electrons. The first-order valence-electron chi connectivity index (χ1n) is 9.13. The van der Waals surface area contributed by atoms with Crippen LogP contribution in [0.25, 0.3) is 0 Å². The molecule has 1 aliphatic rings. The van der Waals surface area contributed by atoms with E-state index in [1.165, 1.54) is 0 Å². The molecule has 1 aromatic carbocycles. The van der Waals surface area contributed by atoms with Crippen LogP contribution in [0.4, 0.5) is 10.1 Å². The van der Waals surface area contributed by atoms with Crippen LogP contribution in [0.5, 0.6) is 0 Å². The summed E-state index contributed by atoms with van der Waals surface area (Å²) in [5, 5.41) is 6.53. The van der Waals surface area contributed by atoms with Crippen LogP contribution < -0.4 is 15.5 Å². The van der Waals surface area contributed by atoms with Crippen LogP contribution in [0.15, 0.2) is 23.2 Å². The third-order valence-electron chi connectivity index (χ3n) is 4.73. The largest absolute Gasteiger partial charge is 0.373 e. The quantitative estimate of drug-likeness (QED) is 0.586. The molecule has 1 saturated heterocycles. The summed E-state index contributed by atoms with van der Waals surface area (Å²) in [5.74, 6) is 0.516. The molecule has 0 bridgehead atoms. The summed E-state index contributed by atoms with van der Waals surface area (Å²) < 4.78 is 20.1. The predicted molar refractivity (Wildman–Crippen MR) is 102 cm³/mol. The van der Waals surface area contributed by atoms with Gasteiger partial charge in [0.2, 0.25) is 0 Å². The van der Waals surface area contributed by atoms with E-state index in [1.807, 2.05) is 30.9 Å². The zero-order valence-corrected chi connectivity index (χ0v) is 15.9. The standard InChI is InChI=1S/C19H31FN4O/c1-5-24(6-2)17-9-8-15(12-16(17)20)13-22-18(21-4)23-14-19(3)10-7-11-25-19/h8-9,12H,5-7,10-11,13-14H2,1-4H3,(H2,21,22,23). The monoisotopic (exact) mass is 350 g/mol. The molecule has 6 heteroatoms. The average molecular weight is 350 g/mol. The summed E-state index contributed by atoms with van der Waals surface area (Å²) in [7, 11) is 1.73. The molecule has 0 aromatic heterocycles. The number of guanidine groups is 1. The maximum atomic E-state index is 14.4.